The number of hydrogen-bond acceptors (Lipinski definition) is 3. The predicted molar refractivity (Wildman–Crippen MR) is 98.4 cm³/mol. The molecule has 0 unspecified atom stereocenters. The van der Waals surface area contributed by atoms with Gasteiger partial charge in [0.15, 0.2) is 0 Å². The number of hydrogen-bond donors (Lipinski definition) is 1. The van der Waals surface area contributed by atoms with Gasteiger partial charge in [0.25, 0.3) is 5.91 Å². The number of carbonyl (C=O) groups is 1. The van der Waals surface area contributed by atoms with E-state index in [0.717, 1.165) is 11.4 Å². The third kappa shape index (κ3) is 4.69. The number of aliphatic imine (C=N–C) groups is 1. The van der Waals surface area contributed by atoms with Crippen LogP contribution in [0.25, 0.3) is 0 Å². The maximum atomic E-state index is 12.3. The first-order valence-electron chi connectivity index (χ1n) is 7.91. The van der Waals surface area contributed by atoms with Gasteiger partial charge < -0.3 is 10.1 Å². The second kappa shape index (κ2) is 7.30. The second-order valence-corrected chi connectivity index (χ2v) is 6.68. The van der Waals surface area contributed by atoms with Gasteiger partial charge in [-0.05, 0) is 54.3 Å². The molecule has 0 aliphatic heterocycles. The Morgan fingerprint density at radius 3 is 2.08 bits per heavy atom. The van der Waals surface area contributed by atoms with Crippen LogP contribution >= 0.6 is 0 Å². The van der Waals surface area contributed by atoms with Crippen LogP contribution in [0.1, 0.15) is 43.6 Å². The van der Waals surface area contributed by atoms with Gasteiger partial charge in [-0.3, -0.25) is 4.79 Å². The van der Waals surface area contributed by atoms with E-state index in [0.29, 0.717) is 11.4 Å². The lowest BCUT2D eigenvalue weighted by atomic mass is 9.87. The second-order valence-electron chi connectivity index (χ2n) is 6.68. The van der Waals surface area contributed by atoms with Crippen molar-refractivity contribution in [3.63, 3.8) is 0 Å². The third-order valence-corrected chi connectivity index (χ3v) is 3.68. The van der Waals surface area contributed by atoms with Crippen molar-refractivity contribution in [3.05, 3.63) is 59.7 Å². The van der Waals surface area contributed by atoms with E-state index < -0.39 is 0 Å². The number of benzene rings is 2. The maximum absolute atomic E-state index is 12.3. The van der Waals surface area contributed by atoms with Gasteiger partial charge in [-0.15, -0.1) is 0 Å². The highest BCUT2D eigenvalue weighted by atomic mass is 16.5. The molecule has 0 saturated heterocycles. The molecule has 24 heavy (non-hydrogen) atoms. The molecule has 4 heteroatoms. The molecular weight excluding hydrogens is 300 g/mol. The van der Waals surface area contributed by atoms with Gasteiger partial charge in [0.1, 0.15) is 11.6 Å². The average Bonchev–Trinajstić information content (AvgIpc) is 2.54. The van der Waals surface area contributed by atoms with Crippen LogP contribution in [0.5, 0.6) is 5.75 Å². The molecule has 0 fully saturated rings. The normalized spacial score (nSPS) is 12.0. The summed E-state index contributed by atoms with van der Waals surface area (Å²) in [7, 11) is 1.62. The van der Waals surface area contributed by atoms with E-state index in [2.05, 4.69) is 31.1 Å². The lowest BCUT2D eigenvalue weighted by Gasteiger charge is -2.19. The number of amides is 1. The lowest BCUT2D eigenvalue weighted by Crippen LogP contribution is -2.28. The molecule has 0 atom stereocenters. The molecule has 0 saturated carbocycles. The molecule has 4 nitrogen and oxygen atoms in total. The molecule has 2 aromatic rings. The number of nitrogens with zero attached hydrogens (tertiary/aromatic N) is 1. The minimum Gasteiger partial charge on any atom is -0.497 e. The SMILES string of the molecule is COc1ccc(N=C(C)NC(=O)c2ccc(C(C)(C)C)cc2)cc1. The van der Waals surface area contributed by atoms with Crippen molar-refractivity contribution >= 4 is 17.4 Å². The van der Waals surface area contributed by atoms with Crippen molar-refractivity contribution in [2.75, 3.05) is 7.11 Å². The van der Waals surface area contributed by atoms with Crippen molar-refractivity contribution in [1.29, 1.82) is 0 Å². The molecule has 0 aliphatic rings. The van der Waals surface area contributed by atoms with E-state index in [4.69, 9.17) is 4.74 Å². The van der Waals surface area contributed by atoms with Crippen molar-refractivity contribution in [2.45, 2.75) is 33.1 Å². The topological polar surface area (TPSA) is 50.7 Å². The third-order valence-electron chi connectivity index (χ3n) is 3.68. The molecule has 2 rings (SSSR count). The summed E-state index contributed by atoms with van der Waals surface area (Å²) >= 11 is 0. The Bertz CT molecular complexity index is 724. The van der Waals surface area contributed by atoms with Crippen molar-refractivity contribution < 1.29 is 9.53 Å². The molecule has 0 aliphatic carbocycles. The summed E-state index contributed by atoms with van der Waals surface area (Å²) < 4.78 is 5.11. The van der Waals surface area contributed by atoms with Crippen molar-refractivity contribution in [2.24, 2.45) is 4.99 Å². The first-order valence-corrected chi connectivity index (χ1v) is 7.91. The number of amidine groups is 1. The summed E-state index contributed by atoms with van der Waals surface area (Å²) in [5.41, 5.74) is 2.65. The largest absolute Gasteiger partial charge is 0.497 e. The van der Waals surface area contributed by atoms with Crippen LogP contribution < -0.4 is 10.1 Å². The monoisotopic (exact) mass is 324 g/mol. The molecule has 1 N–H and O–H groups in total. The zero-order valence-electron chi connectivity index (χ0n) is 14.9. The highest BCUT2D eigenvalue weighted by Gasteiger charge is 2.14. The minimum atomic E-state index is -0.162. The van der Waals surface area contributed by atoms with Gasteiger partial charge in [-0.25, -0.2) is 4.99 Å². The standard InChI is InChI=1S/C20H24N2O2/c1-14(21-17-10-12-18(24-5)13-11-17)22-19(23)15-6-8-16(9-7-15)20(2,3)4/h6-13H,1-5H3,(H,21,22,23). The average molecular weight is 324 g/mol. The van der Waals surface area contributed by atoms with Crippen LogP contribution in [0.2, 0.25) is 0 Å². The smallest absolute Gasteiger partial charge is 0.256 e. The Labute approximate surface area is 143 Å². The van der Waals surface area contributed by atoms with Crippen LogP contribution in [-0.4, -0.2) is 18.9 Å². The van der Waals surface area contributed by atoms with Crippen molar-refractivity contribution in [1.82, 2.24) is 5.32 Å². The van der Waals surface area contributed by atoms with E-state index >= 15 is 0 Å². The lowest BCUT2D eigenvalue weighted by molar-refractivity contribution is 0.0977. The summed E-state index contributed by atoms with van der Waals surface area (Å²) in [6, 6.07) is 15.0. The van der Waals surface area contributed by atoms with Crippen molar-refractivity contribution in [3.8, 4) is 5.75 Å². The molecule has 2 aromatic carbocycles. The Kier molecular flexibility index (Phi) is 5.39. The summed E-state index contributed by atoms with van der Waals surface area (Å²) in [5, 5.41) is 2.81. The van der Waals surface area contributed by atoms with Gasteiger partial charge in [-0.1, -0.05) is 32.9 Å². The zero-order chi connectivity index (χ0) is 17.7. The fraction of sp³-hybridized carbons (Fsp3) is 0.300. The molecule has 126 valence electrons. The van der Waals surface area contributed by atoms with E-state index in [9.17, 15) is 4.79 Å². The minimum absolute atomic E-state index is 0.0702. The predicted octanol–water partition coefficient (Wildman–Crippen LogP) is 4.47. The van der Waals surface area contributed by atoms with Gasteiger partial charge in [0, 0.05) is 5.56 Å². The van der Waals surface area contributed by atoms with Crippen LogP contribution in [0.4, 0.5) is 5.69 Å². The highest BCUT2D eigenvalue weighted by molar-refractivity contribution is 6.06. The Morgan fingerprint density at radius 2 is 1.58 bits per heavy atom. The number of ether oxygens (including phenoxy) is 1. The van der Waals surface area contributed by atoms with Gasteiger partial charge in [-0.2, -0.15) is 0 Å². The fourth-order valence-corrected chi connectivity index (χ4v) is 2.24. The maximum Gasteiger partial charge on any atom is 0.256 e. The Balaban J connectivity index is 2.06. The molecule has 0 heterocycles. The summed E-state index contributed by atoms with van der Waals surface area (Å²) in [5.74, 6) is 1.16. The van der Waals surface area contributed by atoms with Gasteiger partial charge in [0.2, 0.25) is 0 Å². The summed E-state index contributed by atoms with van der Waals surface area (Å²) in [6.07, 6.45) is 0. The molecule has 0 radical (unpaired) electrons. The first-order chi connectivity index (χ1) is 11.3. The number of rotatable bonds is 3. The Hall–Kier alpha value is -2.62. The molecular formula is C20H24N2O2. The van der Waals surface area contributed by atoms with Gasteiger partial charge >= 0.3 is 0 Å². The van der Waals surface area contributed by atoms with Crippen LogP contribution in [0, 0.1) is 0 Å². The van der Waals surface area contributed by atoms with Crippen LogP contribution in [0.3, 0.4) is 0 Å². The summed E-state index contributed by atoms with van der Waals surface area (Å²) in [6.45, 7) is 8.21. The van der Waals surface area contributed by atoms with Gasteiger partial charge in [0.05, 0.1) is 12.8 Å². The van der Waals surface area contributed by atoms with E-state index in [1.165, 1.54) is 5.56 Å². The van der Waals surface area contributed by atoms with Crippen LogP contribution in [0.15, 0.2) is 53.5 Å². The number of methoxy groups -OCH3 is 1. The molecule has 0 bridgehead atoms. The van der Waals surface area contributed by atoms with E-state index in [-0.39, 0.29) is 11.3 Å². The van der Waals surface area contributed by atoms with Crippen LogP contribution in [-0.2, 0) is 5.41 Å². The molecule has 1 amide bonds. The van der Waals surface area contributed by atoms with E-state index in [1.54, 1.807) is 14.0 Å². The zero-order valence-corrected chi connectivity index (χ0v) is 14.9. The molecule has 0 spiro atoms. The number of nitrogens with one attached hydrogen (secondary N) is 1. The van der Waals surface area contributed by atoms with E-state index in [1.807, 2.05) is 48.5 Å². The summed E-state index contributed by atoms with van der Waals surface area (Å²) in [4.78, 5) is 16.7. The molecule has 0 aromatic heterocycles. The Morgan fingerprint density at radius 1 is 1.00 bits per heavy atom. The highest BCUT2D eigenvalue weighted by Crippen LogP contribution is 2.22. The first kappa shape index (κ1) is 17.7. The fourth-order valence-electron chi connectivity index (χ4n) is 2.24. The number of carbonyl (C=O) groups excluding carboxylic acids is 1. The quantitative estimate of drug-likeness (QED) is 0.669.